The molecule has 0 bridgehead atoms. The average molecular weight is 415 g/mol. The lowest BCUT2D eigenvalue weighted by Crippen LogP contribution is -2.22. The summed E-state index contributed by atoms with van der Waals surface area (Å²) < 4.78 is 24.5. The number of hydrogen-bond acceptors (Lipinski definition) is 4. The van der Waals surface area contributed by atoms with Crippen molar-refractivity contribution >= 4 is 28.9 Å². The van der Waals surface area contributed by atoms with Gasteiger partial charge in [-0.2, -0.15) is 0 Å². The summed E-state index contributed by atoms with van der Waals surface area (Å²) in [6, 6.07) is 20.8. The van der Waals surface area contributed by atoms with Gasteiger partial charge in [0, 0.05) is 5.69 Å². The molecule has 0 aromatic heterocycles. The molecule has 0 saturated heterocycles. The van der Waals surface area contributed by atoms with Crippen LogP contribution in [0.5, 0.6) is 11.5 Å². The summed E-state index contributed by atoms with van der Waals surface area (Å²) in [7, 11) is 0. The monoisotopic (exact) mass is 414 g/mol. The van der Waals surface area contributed by atoms with Crippen molar-refractivity contribution in [2.24, 2.45) is 0 Å². The molecule has 0 aliphatic rings. The molecular weight excluding hydrogens is 395 g/mol. The number of amides is 1. The van der Waals surface area contributed by atoms with Crippen LogP contribution in [0.4, 0.5) is 15.8 Å². The standard InChI is InChI=1S/C22H20ClFN2O3/c23-18-14-16(10-11-19(18)24)25-15-22(27)26-20-8-4-5-9-21(20)29-13-12-28-17-6-2-1-3-7-17/h1-11,14,25H,12-13,15H2,(H,26,27). The van der Waals surface area contributed by atoms with Gasteiger partial charge in [-0.15, -0.1) is 0 Å². The molecule has 150 valence electrons. The zero-order valence-corrected chi connectivity index (χ0v) is 16.3. The third-order valence-corrected chi connectivity index (χ3v) is 4.18. The Bertz CT molecular complexity index is 954. The number of hydrogen-bond donors (Lipinski definition) is 2. The van der Waals surface area contributed by atoms with Crippen LogP contribution in [0.2, 0.25) is 5.02 Å². The van der Waals surface area contributed by atoms with Gasteiger partial charge in [0.2, 0.25) is 5.91 Å². The van der Waals surface area contributed by atoms with Gasteiger partial charge in [-0.3, -0.25) is 4.79 Å². The van der Waals surface area contributed by atoms with Crippen molar-refractivity contribution in [2.75, 3.05) is 30.4 Å². The zero-order valence-electron chi connectivity index (χ0n) is 15.5. The smallest absolute Gasteiger partial charge is 0.243 e. The first-order chi connectivity index (χ1) is 14.1. The minimum absolute atomic E-state index is 0.00653. The molecule has 0 spiro atoms. The fourth-order valence-electron chi connectivity index (χ4n) is 2.51. The van der Waals surface area contributed by atoms with Crippen LogP contribution in [0.25, 0.3) is 0 Å². The summed E-state index contributed by atoms with van der Waals surface area (Å²) in [6.07, 6.45) is 0. The van der Waals surface area contributed by atoms with Crippen molar-refractivity contribution in [1.82, 2.24) is 0 Å². The average Bonchev–Trinajstić information content (AvgIpc) is 2.74. The Morgan fingerprint density at radius 2 is 1.66 bits per heavy atom. The van der Waals surface area contributed by atoms with E-state index in [4.69, 9.17) is 21.1 Å². The third-order valence-electron chi connectivity index (χ3n) is 3.89. The molecule has 0 atom stereocenters. The number of halogens is 2. The summed E-state index contributed by atoms with van der Waals surface area (Å²) in [5, 5.41) is 5.68. The van der Waals surface area contributed by atoms with Crippen LogP contribution in [0.1, 0.15) is 0 Å². The molecule has 3 aromatic rings. The lowest BCUT2D eigenvalue weighted by Gasteiger charge is -2.13. The van der Waals surface area contributed by atoms with E-state index in [1.807, 2.05) is 36.4 Å². The zero-order chi connectivity index (χ0) is 20.5. The number of anilines is 2. The summed E-state index contributed by atoms with van der Waals surface area (Å²) in [5.41, 5.74) is 1.10. The minimum Gasteiger partial charge on any atom is -0.490 e. The van der Waals surface area contributed by atoms with Crippen LogP contribution in [-0.4, -0.2) is 25.7 Å². The second-order valence-corrected chi connectivity index (χ2v) is 6.44. The van der Waals surface area contributed by atoms with Gasteiger partial charge in [0.1, 0.15) is 30.5 Å². The van der Waals surface area contributed by atoms with Crippen LogP contribution < -0.4 is 20.1 Å². The normalized spacial score (nSPS) is 10.3. The van der Waals surface area contributed by atoms with Crippen molar-refractivity contribution in [1.29, 1.82) is 0 Å². The van der Waals surface area contributed by atoms with Crippen molar-refractivity contribution in [2.45, 2.75) is 0 Å². The highest BCUT2D eigenvalue weighted by Gasteiger charge is 2.08. The largest absolute Gasteiger partial charge is 0.490 e. The highest BCUT2D eigenvalue weighted by Crippen LogP contribution is 2.24. The summed E-state index contributed by atoms with van der Waals surface area (Å²) in [5.74, 6) is 0.526. The molecular formula is C22H20ClFN2O3. The summed E-state index contributed by atoms with van der Waals surface area (Å²) in [4.78, 5) is 12.2. The minimum atomic E-state index is -0.510. The molecule has 2 N–H and O–H groups in total. The Balaban J connectivity index is 1.48. The number of ether oxygens (including phenoxy) is 2. The van der Waals surface area contributed by atoms with Crippen molar-refractivity contribution in [3.63, 3.8) is 0 Å². The molecule has 0 aliphatic carbocycles. The first-order valence-electron chi connectivity index (χ1n) is 9.00. The number of carbonyl (C=O) groups excluding carboxylic acids is 1. The predicted octanol–water partition coefficient (Wildman–Crippen LogP) is 4.99. The molecule has 0 unspecified atom stereocenters. The number of nitrogens with one attached hydrogen (secondary N) is 2. The fourth-order valence-corrected chi connectivity index (χ4v) is 2.69. The Morgan fingerprint density at radius 1 is 0.931 bits per heavy atom. The Kier molecular flexibility index (Phi) is 7.30. The van der Waals surface area contributed by atoms with Crippen molar-refractivity contribution in [3.05, 3.63) is 83.6 Å². The first kappa shape index (κ1) is 20.5. The molecule has 0 aliphatic heterocycles. The Morgan fingerprint density at radius 3 is 2.45 bits per heavy atom. The summed E-state index contributed by atoms with van der Waals surface area (Å²) in [6.45, 7) is 0.695. The maximum atomic E-state index is 13.2. The van der Waals surface area contributed by atoms with Gasteiger partial charge in [0.15, 0.2) is 0 Å². The molecule has 0 saturated carbocycles. The Labute approximate surface area is 173 Å². The first-order valence-corrected chi connectivity index (χ1v) is 9.38. The molecule has 3 rings (SSSR count). The van der Waals surface area contributed by atoms with Gasteiger partial charge in [-0.1, -0.05) is 41.9 Å². The molecule has 29 heavy (non-hydrogen) atoms. The second-order valence-electron chi connectivity index (χ2n) is 6.04. The van der Waals surface area contributed by atoms with E-state index in [0.717, 1.165) is 5.75 Å². The van der Waals surface area contributed by atoms with E-state index in [1.165, 1.54) is 18.2 Å². The van der Waals surface area contributed by atoms with Gasteiger partial charge in [-0.25, -0.2) is 4.39 Å². The third kappa shape index (κ3) is 6.40. The molecule has 1 amide bonds. The van der Waals surface area contributed by atoms with Crippen LogP contribution in [0.3, 0.4) is 0 Å². The maximum absolute atomic E-state index is 13.2. The lowest BCUT2D eigenvalue weighted by molar-refractivity contribution is -0.114. The van der Waals surface area contributed by atoms with Gasteiger partial charge in [-0.05, 0) is 42.5 Å². The fraction of sp³-hybridized carbons (Fsp3) is 0.136. The van der Waals surface area contributed by atoms with E-state index < -0.39 is 5.82 Å². The lowest BCUT2D eigenvalue weighted by atomic mass is 10.3. The second kappa shape index (κ2) is 10.3. The van der Waals surface area contributed by atoms with Gasteiger partial charge in [0.05, 0.1) is 17.3 Å². The predicted molar refractivity (Wildman–Crippen MR) is 112 cm³/mol. The number of para-hydroxylation sites is 3. The molecule has 5 nitrogen and oxygen atoms in total. The molecule has 0 radical (unpaired) electrons. The maximum Gasteiger partial charge on any atom is 0.243 e. The van der Waals surface area contributed by atoms with E-state index in [2.05, 4.69) is 10.6 Å². The highest BCUT2D eigenvalue weighted by atomic mass is 35.5. The van der Waals surface area contributed by atoms with E-state index in [1.54, 1.807) is 18.2 Å². The van der Waals surface area contributed by atoms with Crippen LogP contribution in [0.15, 0.2) is 72.8 Å². The van der Waals surface area contributed by atoms with Crippen molar-refractivity contribution in [3.8, 4) is 11.5 Å². The molecule has 3 aromatic carbocycles. The van der Waals surface area contributed by atoms with Crippen LogP contribution >= 0.6 is 11.6 Å². The molecule has 0 fully saturated rings. The van der Waals surface area contributed by atoms with Crippen LogP contribution in [0, 0.1) is 5.82 Å². The SMILES string of the molecule is O=C(CNc1ccc(F)c(Cl)c1)Nc1ccccc1OCCOc1ccccc1. The van der Waals surface area contributed by atoms with Crippen molar-refractivity contribution < 1.29 is 18.7 Å². The number of rotatable bonds is 9. The quantitative estimate of drug-likeness (QED) is 0.484. The van der Waals surface area contributed by atoms with Gasteiger partial charge in [0.25, 0.3) is 0 Å². The summed E-state index contributed by atoms with van der Waals surface area (Å²) >= 11 is 5.74. The van der Waals surface area contributed by atoms with E-state index in [9.17, 15) is 9.18 Å². The number of benzene rings is 3. The highest BCUT2D eigenvalue weighted by molar-refractivity contribution is 6.31. The topological polar surface area (TPSA) is 59.6 Å². The Hall–Kier alpha value is -3.25. The van der Waals surface area contributed by atoms with Gasteiger partial charge >= 0.3 is 0 Å². The van der Waals surface area contributed by atoms with E-state index in [0.29, 0.717) is 30.3 Å². The van der Waals surface area contributed by atoms with Gasteiger partial charge < -0.3 is 20.1 Å². The number of carbonyl (C=O) groups is 1. The van der Waals surface area contributed by atoms with E-state index >= 15 is 0 Å². The van der Waals surface area contributed by atoms with Crippen LogP contribution in [-0.2, 0) is 4.79 Å². The molecule has 7 heteroatoms. The molecule has 0 heterocycles. The van der Waals surface area contributed by atoms with E-state index in [-0.39, 0.29) is 17.5 Å².